The van der Waals surface area contributed by atoms with E-state index in [1.807, 2.05) is 0 Å². The molecule has 140 valence electrons. The number of nitrogens with zero attached hydrogens (tertiary/aromatic N) is 2. The molecule has 2 aliphatic heterocycles. The van der Waals surface area contributed by atoms with Gasteiger partial charge in [-0.25, -0.2) is 8.42 Å². The Kier molecular flexibility index (Phi) is 4.44. The smallest absolute Gasteiger partial charge is 0.273 e. The lowest BCUT2D eigenvalue weighted by Crippen LogP contribution is -2.35. The molecule has 0 unspecified atom stereocenters. The highest BCUT2D eigenvalue weighted by Crippen LogP contribution is 2.35. The topological polar surface area (TPSA) is 74.8 Å². The second-order valence-corrected chi connectivity index (χ2v) is 8.81. The predicted molar refractivity (Wildman–Crippen MR) is 102 cm³/mol. The lowest BCUT2D eigenvalue weighted by Gasteiger charge is -2.26. The first-order chi connectivity index (χ1) is 12.9. The number of sulfonamides is 1. The predicted octanol–water partition coefficient (Wildman–Crippen LogP) is 3.32. The van der Waals surface area contributed by atoms with Gasteiger partial charge in [-0.3, -0.25) is 9.59 Å². The number of hydrogen-bond acceptors (Lipinski definition) is 4. The summed E-state index contributed by atoms with van der Waals surface area (Å²) in [5, 5.41) is 0.440. The van der Waals surface area contributed by atoms with E-state index in [2.05, 4.69) is 0 Å². The molecule has 27 heavy (non-hydrogen) atoms. The number of benzene rings is 2. The summed E-state index contributed by atoms with van der Waals surface area (Å²) < 4.78 is 26.7. The van der Waals surface area contributed by atoms with Crippen LogP contribution in [0.15, 0.2) is 47.4 Å². The quantitative estimate of drug-likeness (QED) is 0.769. The molecule has 0 aromatic heterocycles. The minimum atomic E-state index is -4.08. The fraction of sp³-hybridized carbons (Fsp3) is 0.263. The molecule has 2 heterocycles. The van der Waals surface area contributed by atoms with Crippen molar-refractivity contribution in [3.05, 3.63) is 58.6 Å². The molecule has 0 bridgehead atoms. The zero-order valence-corrected chi connectivity index (χ0v) is 16.0. The van der Waals surface area contributed by atoms with Gasteiger partial charge in [0.25, 0.3) is 21.8 Å². The van der Waals surface area contributed by atoms with Crippen LogP contribution in [0.4, 0.5) is 5.69 Å². The Labute approximate surface area is 162 Å². The van der Waals surface area contributed by atoms with Crippen LogP contribution < -0.4 is 4.31 Å². The summed E-state index contributed by atoms with van der Waals surface area (Å²) >= 11 is 5.85. The molecule has 4 rings (SSSR count). The average Bonchev–Trinajstić information content (AvgIpc) is 2.88. The summed E-state index contributed by atoms with van der Waals surface area (Å²) in [7, 11) is -4.08. The number of piperidine rings is 1. The van der Waals surface area contributed by atoms with E-state index < -0.39 is 15.9 Å². The normalized spacial score (nSPS) is 18.5. The summed E-state index contributed by atoms with van der Waals surface area (Å²) in [6.45, 7) is 1.33. The Morgan fingerprint density at radius 2 is 1.63 bits per heavy atom. The molecule has 2 amide bonds. The number of fused-ring (bicyclic) bond motifs is 1. The third kappa shape index (κ3) is 3.00. The van der Waals surface area contributed by atoms with Crippen LogP contribution in [-0.2, 0) is 10.0 Å². The highest BCUT2D eigenvalue weighted by atomic mass is 35.5. The van der Waals surface area contributed by atoms with E-state index in [-0.39, 0.29) is 27.6 Å². The van der Waals surface area contributed by atoms with Gasteiger partial charge >= 0.3 is 0 Å². The summed E-state index contributed by atoms with van der Waals surface area (Å²) in [4.78, 5) is 27.0. The fourth-order valence-corrected chi connectivity index (χ4v) is 5.22. The van der Waals surface area contributed by atoms with E-state index in [0.29, 0.717) is 18.1 Å². The average molecular weight is 405 g/mol. The SMILES string of the molecule is O=C(c1ccc2c(c1)S(=O)(=O)N(c1ccc(Cl)cc1)C2=O)N1CCCCC1. The first-order valence-corrected chi connectivity index (χ1v) is 10.5. The van der Waals surface area contributed by atoms with Crippen LogP contribution in [0.1, 0.15) is 40.0 Å². The van der Waals surface area contributed by atoms with Gasteiger partial charge in [0.15, 0.2) is 0 Å². The van der Waals surface area contributed by atoms with Crippen molar-refractivity contribution in [3.63, 3.8) is 0 Å². The van der Waals surface area contributed by atoms with E-state index in [1.165, 1.54) is 42.5 Å². The van der Waals surface area contributed by atoms with Crippen LogP contribution in [0.25, 0.3) is 0 Å². The molecule has 8 heteroatoms. The summed E-state index contributed by atoms with van der Waals surface area (Å²) in [5.41, 5.74) is 0.564. The van der Waals surface area contributed by atoms with Crippen molar-refractivity contribution in [1.29, 1.82) is 0 Å². The number of anilines is 1. The summed E-state index contributed by atoms with van der Waals surface area (Å²) in [6.07, 6.45) is 2.97. The zero-order valence-electron chi connectivity index (χ0n) is 14.4. The monoisotopic (exact) mass is 404 g/mol. The minimum absolute atomic E-state index is 0.0696. The molecule has 0 N–H and O–H groups in total. The third-order valence-corrected chi connectivity index (χ3v) is 6.87. The molecule has 1 saturated heterocycles. The van der Waals surface area contributed by atoms with Crippen LogP contribution in [0.5, 0.6) is 0 Å². The van der Waals surface area contributed by atoms with Gasteiger partial charge in [-0.15, -0.1) is 0 Å². The van der Waals surface area contributed by atoms with Crippen LogP contribution in [0.2, 0.25) is 5.02 Å². The lowest BCUT2D eigenvalue weighted by molar-refractivity contribution is 0.0723. The van der Waals surface area contributed by atoms with Gasteiger partial charge in [0, 0.05) is 23.7 Å². The van der Waals surface area contributed by atoms with E-state index in [0.717, 1.165) is 23.6 Å². The number of carbonyl (C=O) groups excluding carboxylic acids is 2. The summed E-state index contributed by atoms with van der Waals surface area (Å²) in [5.74, 6) is -0.839. The van der Waals surface area contributed by atoms with E-state index in [1.54, 1.807) is 4.90 Å². The van der Waals surface area contributed by atoms with E-state index in [4.69, 9.17) is 11.6 Å². The number of carbonyl (C=O) groups is 2. The molecule has 2 aromatic rings. The number of halogens is 1. The largest absolute Gasteiger partial charge is 0.339 e. The van der Waals surface area contributed by atoms with Gasteiger partial charge < -0.3 is 4.90 Å². The van der Waals surface area contributed by atoms with Crippen molar-refractivity contribution in [2.45, 2.75) is 24.2 Å². The molecular weight excluding hydrogens is 388 g/mol. The van der Waals surface area contributed by atoms with Crippen molar-refractivity contribution in [2.75, 3.05) is 17.4 Å². The van der Waals surface area contributed by atoms with Gasteiger partial charge in [-0.2, -0.15) is 4.31 Å². The van der Waals surface area contributed by atoms with Crippen molar-refractivity contribution in [2.24, 2.45) is 0 Å². The maximum absolute atomic E-state index is 13.0. The van der Waals surface area contributed by atoms with Crippen LogP contribution in [0.3, 0.4) is 0 Å². The Bertz CT molecular complexity index is 1030. The summed E-state index contributed by atoms with van der Waals surface area (Å²) in [6, 6.07) is 10.3. The molecular formula is C19H17ClN2O4S. The maximum atomic E-state index is 13.0. The Hall–Kier alpha value is -2.38. The number of amides is 2. The third-order valence-electron chi connectivity index (χ3n) is 4.87. The zero-order chi connectivity index (χ0) is 19.2. The molecule has 0 atom stereocenters. The van der Waals surface area contributed by atoms with Crippen molar-refractivity contribution in [3.8, 4) is 0 Å². The second-order valence-electron chi connectivity index (χ2n) is 6.61. The molecule has 0 saturated carbocycles. The second kappa shape index (κ2) is 6.65. The lowest BCUT2D eigenvalue weighted by atomic mass is 10.1. The van der Waals surface area contributed by atoms with E-state index >= 15 is 0 Å². The molecule has 0 radical (unpaired) electrons. The van der Waals surface area contributed by atoms with Crippen molar-refractivity contribution in [1.82, 2.24) is 4.90 Å². The van der Waals surface area contributed by atoms with Gasteiger partial charge in [0.2, 0.25) is 0 Å². The van der Waals surface area contributed by atoms with Crippen LogP contribution in [0, 0.1) is 0 Å². The van der Waals surface area contributed by atoms with E-state index in [9.17, 15) is 18.0 Å². The van der Waals surface area contributed by atoms with Crippen LogP contribution >= 0.6 is 11.6 Å². The van der Waals surface area contributed by atoms with Gasteiger partial charge in [0.05, 0.1) is 11.3 Å². The first-order valence-electron chi connectivity index (χ1n) is 8.68. The van der Waals surface area contributed by atoms with Crippen molar-refractivity contribution < 1.29 is 18.0 Å². The number of rotatable bonds is 2. The first kappa shape index (κ1) is 18.0. The molecule has 6 nitrogen and oxygen atoms in total. The van der Waals surface area contributed by atoms with Gasteiger partial charge in [-0.1, -0.05) is 11.6 Å². The molecule has 0 spiro atoms. The number of hydrogen-bond donors (Lipinski definition) is 0. The van der Waals surface area contributed by atoms with Crippen LogP contribution in [-0.4, -0.2) is 38.2 Å². The fourth-order valence-electron chi connectivity index (χ4n) is 3.47. The Morgan fingerprint density at radius 3 is 2.30 bits per heavy atom. The molecule has 0 aliphatic carbocycles. The van der Waals surface area contributed by atoms with Crippen molar-refractivity contribution >= 4 is 39.1 Å². The highest BCUT2D eigenvalue weighted by molar-refractivity contribution is 7.94. The maximum Gasteiger partial charge on any atom is 0.273 e. The highest BCUT2D eigenvalue weighted by Gasteiger charge is 2.42. The Balaban J connectivity index is 1.73. The van der Waals surface area contributed by atoms with Gasteiger partial charge in [0.1, 0.15) is 4.90 Å². The molecule has 1 fully saturated rings. The molecule has 2 aliphatic rings. The van der Waals surface area contributed by atoms with Gasteiger partial charge in [-0.05, 0) is 61.7 Å². The number of likely N-dealkylation sites (tertiary alicyclic amines) is 1. The molecule has 2 aromatic carbocycles. The minimum Gasteiger partial charge on any atom is -0.339 e. The Morgan fingerprint density at radius 1 is 0.963 bits per heavy atom. The standard InChI is InChI=1S/C19H17ClN2O4S/c20-14-5-7-15(8-6-14)22-19(24)16-9-4-13(12-17(16)27(22,25)26)18(23)21-10-2-1-3-11-21/h4-9,12H,1-3,10-11H2.